The van der Waals surface area contributed by atoms with Gasteiger partial charge in [-0.25, -0.2) is 8.42 Å². The zero-order valence-electron chi connectivity index (χ0n) is 11.2. The maximum Gasteiger partial charge on any atom is 0.254 e. The highest BCUT2D eigenvalue weighted by molar-refractivity contribution is 7.90. The van der Waals surface area contributed by atoms with Gasteiger partial charge in [-0.1, -0.05) is 6.07 Å². The molecule has 100 valence electrons. The van der Waals surface area contributed by atoms with Gasteiger partial charge in [-0.2, -0.15) is 0 Å². The van der Waals surface area contributed by atoms with Gasteiger partial charge in [-0.15, -0.1) is 0 Å². The lowest BCUT2D eigenvalue weighted by Gasteiger charge is -2.20. The third-order valence-corrected chi connectivity index (χ3v) is 4.03. The van der Waals surface area contributed by atoms with Gasteiger partial charge in [0.25, 0.3) is 5.91 Å². The van der Waals surface area contributed by atoms with Gasteiger partial charge in [-0.05, 0) is 38.5 Å². The van der Waals surface area contributed by atoms with Crippen molar-refractivity contribution < 1.29 is 13.2 Å². The fraction of sp³-hybridized carbons (Fsp3) is 0.462. The molecule has 0 bridgehead atoms. The van der Waals surface area contributed by atoms with Crippen LogP contribution in [0.2, 0.25) is 0 Å². The molecule has 1 rings (SSSR count). The van der Waals surface area contributed by atoms with E-state index in [9.17, 15) is 13.2 Å². The minimum absolute atomic E-state index is 0.122. The molecule has 0 spiro atoms. The van der Waals surface area contributed by atoms with E-state index in [1.807, 2.05) is 20.8 Å². The molecule has 0 saturated carbocycles. The number of hydrogen-bond acceptors (Lipinski definition) is 3. The second kappa shape index (κ2) is 5.52. The van der Waals surface area contributed by atoms with Crippen LogP contribution in [0.15, 0.2) is 23.1 Å². The fourth-order valence-electron chi connectivity index (χ4n) is 1.74. The first-order valence-corrected chi connectivity index (χ1v) is 7.80. The third-order valence-electron chi connectivity index (χ3n) is 2.92. The molecule has 0 heterocycles. The Balaban J connectivity index is 3.28. The summed E-state index contributed by atoms with van der Waals surface area (Å²) in [6.45, 7) is 6.83. The Kier molecular flexibility index (Phi) is 4.51. The van der Waals surface area contributed by atoms with Crippen LogP contribution in [0.1, 0.15) is 29.8 Å². The van der Waals surface area contributed by atoms with Crippen molar-refractivity contribution in [1.29, 1.82) is 0 Å². The number of nitrogens with zero attached hydrogens (tertiary/aromatic N) is 1. The average Bonchev–Trinajstić information content (AvgIpc) is 2.29. The van der Waals surface area contributed by atoms with Crippen LogP contribution in [0.5, 0.6) is 0 Å². The zero-order chi connectivity index (χ0) is 13.9. The van der Waals surface area contributed by atoms with Crippen molar-refractivity contribution in [2.45, 2.75) is 25.7 Å². The smallest absolute Gasteiger partial charge is 0.254 e. The van der Waals surface area contributed by atoms with Crippen LogP contribution in [0, 0.1) is 6.92 Å². The molecule has 18 heavy (non-hydrogen) atoms. The highest BCUT2D eigenvalue weighted by atomic mass is 32.2. The normalized spacial score (nSPS) is 11.3. The van der Waals surface area contributed by atoms with E-state index in [1.54, 1.807) is 11.0 Å². The first kappa shape index (κ1) is 14.7. The predicted molar refractivity (Wildman–Crippen MR) is 71.5 cm³/mol. The van der Waals surface area contributed by atoms with Gasteiger partial charge < -0.3 is 4.90 Å². The second-order valence-electron chi connectivity index (χ2n) is 4.23. The minimum atomic E-state index is -3.29. The van der Waals surface area contributed by atoms with E-state index in [-0.39, 0.29) is 10.8 Å². The zero-order valence-corrected chi connectivity index (χ0v) is 12.0. The Labute approximate surface area is 109 Å². The Hall–Kier alpha value is -1.36. The van der Waals surface area contributed by atoms with Gasteiger partial charge in [-0.3, -0.25) is 4.79 Å². The van der Waals surface area contributed by atoms with Gasteiger partial charge in [0.05, 0.1) is 4.90 Å². The molecule has 0 unspecified atom stereocenters. The lowest BCUT2D eigenvalue weighted by Crippen LogP contribution is -2.31. The molecule has 0 saturated heterocycles. The van der Waals surface area contributed by atoms with Crippen molar-refractivity contribution in [3.8, 4) is 0 Å². The summed E-state index contributed by atoms with van der Waals surface area (Å²) < 4.78 is 23.0. The van der Waals surface area contributed by atoms with E-state index in [1.165, 1.54) is 12.1 Å². The first-order chi connectivity index (χ1) is 8.31. The summed E-state index contributed by atoms with van der Waals surface area (Å²) >= 11 is 0. The molecule has 0 N–H and O–H groups in total. The van der Waals surface area contributed by atoms with Gasteiger partial charge in [0.1, 0.15) is 0 Å². The summed E-state index contributed by atoms with van der Waals surface area (Å²) in [4.78, 5) is 14.1. The van der Waals surface area contributed by atoms with E-state index >= 15 is 0 Å². The first-order valence-electron chi connectivity index (χ1n) is 5.91. The Morgan fingerprint density at radius 3 is 2.22 bits per heavy atom. The molecule has 4 nitrogen and oxygen atoms in total. The number of benzene rings is 1. The lowest BCUT2D eigenvalue weighted by atomic mass is 10.1. The fourth-order valence-corrected chi connectivity index (χ4v) is 2.39. The molecule has 0 atom stereocenters. The molecular formula is C13H19NO3S. The van der Waals surface area contributed by atoms with Crippen molar-refractivity contribution in [2.24, 2.45) is 0 Å². The van der Waals surface area contributed by atoms with Gasteiger partial charge in [0.15, 0.2) is 9.84 Å². The molecule has 0 aliphatic rings. The molecule has 1 aromatic carbocycles. The molecular weight excluding hydrogens is 250 g/mol. The Bertz CT molecular complexity index is 545. The number of amides is 1. The summed E-state index contributed by atoms with van der Waals surface area (Å²) in [6, 6.07) is 4.67. The monoisotopic (exact) mass is 269 g/mol. The minimum Gasteiger partial charge on any atom is -0.339 e. The number of aryl methyl sites for hydroxylation is 1. The van der Waals surface area contributed by atoms with Crippen LogP contribution in [0.25, 0.3) is 0 Å². The largest absolute Gasteiger partial charge is 0.339 e. The maximum atomic E-state index is 12.2. The quantitative estimate of drug-likeness (QED) is 0.838. The number of carbonyl (C=O) groups excluding carboxylic acids is 1. The number of rotatable bonds is 4. The summed E-state index contributed by atoms with van der Waals surface area (Å²) in [6.07, 6.45) is 1.14. The lowest BCUT2D eigenvalue weighted by molar-refractivity contribution is 0.0772. The topological polar surface area (TPSA) is 54.5 Å². The van der Waals surface area contributed by atoms with Gasteiger partial charge in [0, 0.05) is 24.9 Å². The molecule has 1 aromatic rings. The highest BCUT2D eigenvalue weighted by Crippen LogP contribution is 2.17. The number of hydrogen-bond donors (Lipinski definition) is 0. The standard InChI is InChI=1S/C13H19NO3S/c1-5-14(6-2)13(15)12-9-11(18(4,16)17)8-7-10(12)3/h7-9H,5-6H2,1-4H3. The van der Waals surface area contributed by atoms with Gasteiger partial charge in [0.2, 0.25) is 0 Å². The molecule has 5 heteroatoms. The summed E-state index contributed by atoms with van der Waals surface area (Å²) in [7, 11) is -3.29. The second-order valence-corrected chi connectivity index (χ2v) is 6.24. The van der Waals surface area contributed by atoms with Crippen LogP contribution in [-0.4, -0.2) is 38.6 Å². The number of carbonyl (C=O) groups is 1. The van der Waals surface area contributed by atoms with E-state index in [0.717, 1.165) is 11.8 Å². The van der Waals surface area contributed by atoms with Crippen LogP contribution in [-0.2, 0) is 9.84 Å². The molecule has 0 aliphatic carbocycles. The van der Waals surface area contributed by atoms with Crippen molar-refractivity contribution >= 4 is 15.7 Å². The Morgan fingerprint density at radius 2 is 1.78 bits per heavy atom. The highest BCUT2D eigenvalue weighted by Gasteiger charge is 2.17. The van der Waals surface area contributed by atoms with E-state index in [0.29, 0.717) is 18.7 Å². The maximum absolute atomic E-state index is 12.2. The van der Waals surface area contributed by atoms with E-state index < -0.39 is 9.84 Å². The van der Waals surface area contributed by atoms with Crippen molar-refractivity contribution in [2.75, 3.05) is 19.3 Å². The molecule has 0 fully saturated rings. The van der Waals surface area contributed by atoms with Crippen molar-refractivity contribution in [1.82, 2.24) is 4.90 Å². The van der Waals surface area contributed by atoms with Crippen LogP contribution < -0.4 is 0 Å². The van der Waals surface area contributed by atoms with Crippen LogP contribution >= 0.6 is 0 Å². The average molecular weight is 269 g/mol. The predicted octanol–water partition coefficient (Wildman–Crippen LogP) is 1.88. The summed E-state index contributed by atoms with van der Waals surface area (Å²) in [5, 5.41) is 0. The van der Waals surface area contributed by atoms with Gasteiger partial charge >= 0.3 is 0 Å². The molecule has 1 amide bonds. The SMILES string of the molecule is CCN(CC)C(=O)c1cc(S(C)(=O)=O)ccc1C. The Morgan fingerprint density at radius 1 is 1.22 bits per heavy atom. The summed E-state index contributed by atoms with van der Waals surface area (Å²) in [5.74, 6) is -0.122. The summed E-state index contributed by atoms with van der Waals surface area (Å²) in [5.41, 5.74) is 1.25. The van der Waals surface area contributed by atoms with E-state index in [2.05, 4.69) is 0 Å². The van der Waals surface area contributed by atoms with E-state index in [4.69, 9.17) is 0 Å². The van der Waals surface area contributed by atoms with Crippen LogP contribution in [0.3, 0.4) is 0 Å². The number of sulfone groups is 1. The van der Waals surface area contributed by atoms with Crippen molar-refractivity contribution in [3.63, 3.8) is 0 Å². The van der Waals surface area contributed by atoms with Crippen molar-refractivity contribution in [3.05, 3.63) is 29.3 Å². The molecule has 0 radical (unpaired) electrons. The van der Waals surface area contributed by atoms with Crippen LogP contribution in [0.4, 0.5) is 0 Å². The third kappa shape index (κ3) is 3.10. The molecule has 0 aromatic heterocycles. The molecule has 0 aliphatic heterocycles.